The molecule has 1 aromatic heterocycles. The number of rotatable bonds is 1. The molecule has 0 fully saturated rings. The van der Waals surface area contributed by atoms with Crippen LogP contribution >= 0.6 is 11.6 Å². The maximum absolute atomic E-state index is 10.5. The highest BCUT2D eigenvalue weighted by atomic mass is 35.5. The summed E-state index contributed by atoms with van der Waals surface area (Å²) in [6.07, 6.45) is 0. The molecule has 0 aliphatic rings. The van der Waals surface area contributed by atoms with Crippen LogP contribution in [0.2, 0.25) is 5.15 Å². The summed E-state index contributed by atoms with van der Waals surface area (Å²) in [5.41, 5.74) is -0.308. The molecule has 0 saturated carbocycles. The molecule has 1 aromatic rings. The van der Waals surface area contributed by atoms with Gasteiger partial charge in [0, 0.05) is 0 Å². The maximum Gasteiger partial charge on any atom is 0.338 e. The van der Waals surface area contributed by atoms with Crippen LogP contribution in [0.5, 0.6) is 0 Å². The molecule has 1 heterocycles. The van der Waals surface area contributed by atoms with E-state index in [4.69, 9.17) is 22.0 Å². The second-order valence-electron chi connectivity index (χ2n) is 1.95. The van der Waals surface area contributed by atoms with Gasteiger partial charge in [0.1, 0.15) is 11.2 Å². The summed E-state index contributed by atoms with van der Waals surface area (Å²) >= 11 is 5.45. The van der Waals surface area contributed by atoms with Crippen molar-refractivity contribution in [3.8, 4) is 6.07 Å². The molecule has 4 nitrogen and oxygen atoms in total. The molecule has 0 atom stereocenters. The molecule has 0 bridgehead atoms. The number of aromatic nitrogens is 1. The van der Waals surface area contributed by atoms with E-state index in [1.807, 2.05) is 0 Å². The van der Waals surface area contributed by atoms with E-state index in [0.717, 1.165) is 0 Å². The highest BCUT2D eigenvalue weighted by Crippen LogP contribution is 2.10. The lowest BCUT2D eigenvalue weighted by molar-refractivity contribution is 0.0696. The fraction of sp³-hybridized carbons (Fsp3) is 0. The topological polar surface area (TPSA) is 74.0 Å². The number of aromatic carboxylic acids is 1. The lowest BCUT2D eigenvalue weighted by atomic mass is 10.2. The number of halogens is 1. The van der Waals surface area contributed by atoms with Gasteiger partial charge in [0.25, 0.3) is 0 Å². The van der Waals surface area contributed by atoms with E-state index in [2.05, 4.69) is 4.98 Å². The van der Waals surface area contributed by atoms with E-state index < -0.39 is 5.97 Å². The average Bonchev–Trinajstić information content (AvgIpc) is 2.03. The predicted octanol–water partition coefficient (Wildman–Crippen LogP) is 1.30. The van der Waals surface area contributed by atoms with Crippen molar-refractivity contribution in [1.29, 1.82) is 5.26 Å². The van der Waals surface area contributed by atoms with E-state index in [1.165, 1.54) is 12.1 Å². The van der Waals surface area contributed by atoms with Crippen LogP contribution in [0.15, 0.2) is 12.1 Å². The smallest absolute Gasteiger partial charge is 0.338 e. The van der Waals surface area contributed by atoms with E-state index >= 15 is 0 Å². The minimum absolute atomic E-state index is 0.108. The first kappa shape index (κ1) is 8.50. The Morgan fingerprint density at radius 1 is 1.67 bits per heavy atom. The summed E-state index contributed by atoms with van der Waals surface area (Å²) in [5, 5.41) is 17.1. The minimum atomic E-state index is -1.18. The Bertz CT molecular complexity index is 370. The average molecular weight is 183 g/mol. The van der Waals surface area contributed by atoms with E-state index in [1.54, 1.807) is 6.07 Å². The van der Waals surface area contributed by atoms with E-state index in [0.29, 0.717) is 0 Å². The Labute approximate surface area is 73.0 Å². The highest BCUT2D eigenvalue weighted by molar-refractivity contribution is 6.29. The summed E-state index contributed by atoms with van der Waals surface area (Å²) in [6.45, 7) is 0. The fourth-order valence-electron chi connectivity index (χ4n) is 0.693. The zero-order valence-electron chi connectivity index (χ0n) is 5.78. The summed E-state index contributed by atoms with van der Waals surface area (Å²) in [7, 11) is 0. The van der Waals surface area contributed by atoms with Gasteiger partial charge in [-0.15, -0.1) is 0 Å². The summed E-state index contributed by atoms with van der Waals surface area (Å²) in [4.78, 5) is 14.0. The molecule has 1 N–H and O–H groups in total. The Balaban J connectivity index is 3.32. The molecule has 0 aliphatic carbocycles. The third-order valence-electron chi connectivity index (χ3n) is 1.20. The zero-order chi connectivity index (χ0) is 9.14. The van der Waals surface area contributed by atoms with Crippen molar-refractivity contribution < 1.29 is 9.90 Å². The molecular weight excluding hydrogens is 180 g/mol. The number of nitriles is 1. The van der Waals surface area contributed by atoms with Gasteiger partial charge in [0.15, 0.2) is 5.69 Å². The number of hydrogen-bond donors (Lipinski definition) is 1. The van der Waals surface area contributed by atoms with Crippen molar-refractivity contribution in [3.05, 3.63) is 28.5 Å². The number of pyridine rings is 1. The fourth-order valence-corrected chi connectivity index (χ4v) is 0.841. The van der Waals surface area contributed by atoms with Gasteiger partial charge in [0.2, 0.25) is 0 Å². The third-order valence-corrected chi connectivity index (χ3v) is 1.41. The lowest BCUT2D eigenvalue weighted by Gasteiger charge is -1.95. The Kier molecular flexibility index (Phi) is 2.26. The summed E-state index contributed by atoms with van der Waals surface area (Å²) in [5.74, 6) is -1.18. The number of hydrogen-bond acceptors (Lipinski definition) is 3. The SMILES string of the molecule is N#Cc1nc(Cl)ccc1C(=O)O. The van der Waals surface area contributed by atoms with Crippen molar-refractivity contribution in [3.63, 3.8) is 0 Å². The van der Waals surface area contributed by atoms with Crippen molar-refractivity contribution >= 4 is 17.6 Å². The van der Waals surface area contributed by atoms with Gasteiger partial charge in [-0.2, -0.15) is 5.26 Å². The molecule has 0 spiro atoms. The van der Waals surface area contributed by atoms with Crippen molar-refractivity contribution in [2.45, 2.75) is 0 Å². The summed E-state index contributed by atoms with van der Waals surface area (Å²) in [6, 6.07) is 4.21. The molecule has 5 heteroatoms. The molecule has 0 amide bonds. The standard InChI is InChI=1S/C7H3ClN2O2/c8-6-2-1-4(7(11)12)5(3-9)10-6/h1-2H,(H,11,12). The predicted molar refractivity (Wildman–Crippen MR) is 40.9 cm³/mol. The van der Waals surface area contributed by atoms with Gasteiger partial charge >= 0.3 is 5.97 Å². The second kappa shape index (κ2) is 3.20. The van der Waals surface area contributed by atoms with Crippen LogP contribution in [0.25, 0.3) is 0 Å². The van der Waals surface area contributed by atoms with E-state index in [-0.39, 0.29) is 16.4 Å². The van der Waals surface area contributed by atoms with Gasteiger partial charge in [-0.1, -0.05) is 11.6 Å². The van der Waals surface area contributed by atoms with Crippen LogP contribution in [-0.2, 0) is 0 Å². The molecule has 1 rings (SSSR count). The Hall–Kier alpha value is -1.60. The molecule has 0 radical (unpaired) electrons. The van der Waals surface area contributed by atoms with Gasteiger partial charge in [-0.05, 0) is 12.1 Å². The van der Waals surface area contributed by atoms with Crippen LogP contribution in [0.4, 0.5) is 0 Å². The molecule has 60 valence electrons. The minimum Gasteiger partial charge on any atom is -0.478 e. The first-order valence-corrected chi connectivity index (χ1v) is 3.33. The van der Waals surface area contributed by atoms with Crippen LogP contribution in [-0.4, -0.2) is 16.1 Å². The molecular formula is C7H3ClN2O2. The molecule has 0 aliphatic heterocycles. The van der Waals surface area contributed by atoms with Crippen molar-refractivity contribution in [2.75, 3.05) is 0 Å². The Morgan fingerprint density at radius 2 is 2.33 bits per heavy atom. The van der Waals surface area contributed by atoms with Gasteiger partial charge in [-0.3, -0.25) is 0 Å². The zero-order valence-corrected chi connectivity index (χ0v) is 6.54. The number of nitrogens with zero attached hydrogens (tertiary/aromatic N) is 2. The van der Waals surface area contributed by atoms with Gasteiger partial charge < -0.3 is 5.11 Å². The molecule has 0 saturated heterocycles. The van der Waals surface area contributed by atoms with Crippen LogP contribution < -0.4 is 0 Å². The van der Waals surface area contributed by atoms with Crippen LogP contribution in [0, 0.1) is 11.3 Å². The second-order valence-corrected chi connectivity index (χ2v) is 2.33. The molecule has 12 heavy (non-hydrogen) atoms. The molecule has 0 aromatic carbocycles. The number of carbonyl (C=O) groups is 1. The first-order chi connectivity index (χ1) is 5.65. The van der Waals surface area contributed by atoms with E-state index in [9.17, 15) is 4.79 Å². The Morgan fingerprint density at radius 3 is 2.83 bits per heavy atom. The maximum atomic E-state index is 10.5. The lowest BCUT2D eigenvalue weighted by Crippen LogP contribution is -2.01. The first-order valence-electron chi connectivity index (χ1n) is 2.95. The highest BCUT2D eigenvalue weighted by Gasteiger charge is 2.10. The van der Waals surface area contributed by atoms with Crippen molar-refractivity contribution in [2.24, 2.45) is 0 Å². The van der Waals surface area contributed by atoms with Gasteiger partial charge in [0.05, 0.1) is 5.56 Å². The van der Waals surface area contributed by atoms with Crippen LogP contribution in [0.3, 0.4) is 0 Å². The third kappa shape index (κ3) is 1.52. The largest absolute Gasteiger partial charge is 0.478 e. The molecule has 0 unspecified atom stereocenters. The number of carboxylic acid groups (broad SMARTS) is 1. The van der Waals surface area contributed by atoms with Crippen molar-refractivity contribution in [1.82, 2.24) is 4.98 Å². The van der Waals surface area contributed by atoms with Crippen LogP contribution in [0.1, 0.15) is 16.1 Å². The quantitative estimate of drug-likeness (QED) is 0.665. The normalized spacial score (nSPS) is 9.00. The number of carboxylic acids is 1. The monoisotopic (exact) mass is 182 g/mol. The summed E-state index contributed by atoms with van der Waals surface area (Å²) < 4.78 is 0. The van der Waals surface area contributed by atoms with Gasteiger partial charge in [-0.25, -0.2) is 9.78 Å².